The molecule has 1 aromatic carbocycles. The highest BCUT2D eigenvalue weighted by Crippen LogP contribution is 2.24. The highest BCUT2D eigenvalue weighted by Gasteiger charge is 2.10. The van der Waals surface area contributed by atoms with Gasteiger partial charge in [0.05, 0.1) is 10.7 Å². The highest BCUT2D eigenvalue weighted by molar-refractivity contribution is 9.10. The summed E-state index contributed by atoms with van der Waals surface area (Å²) in [6, 6.07) is 8.65. The Morgan fingerprint density at radius 2 is 2.06 bits per heavy atom. The first-order valence-electron chi connectivity index (χ1n) is 5.98. The van der Waals surface area contributed by atoms with Crippen LogP contribution >= 0.6 is 27.3 Å². The monoisotopic (exact) mass is 324 g/mol. The largest absolute Gasteiger partial charge is 0.305 e. The van der Waals surface area contributed by atoms with Crippen LogP contribution in [0.25, 0.3) is 0 Å². The molecule has 96 valence electrons. The van der Waals surface area contributed by atoms with Crippen molar-refractivity contribution in [1.29, 1.82) is 0 Å². The first-order chi connectivity index (χ1) is 8.58. The Kier molecular flexibility index (Phi) is 4.54. The minimum absolute atomic E-state index is 0.322. The highest BCUT2D eigenvalue weighted by atomic mass is 79.9. The summed E-state index contributed by atoms with van der Waals surface area (Å²) in [5.41, 5.74) is 2.43. The number of nitrogens with zero attached hydrogens (tertiary/aromatic N) is 1. The van der Waals surface area contributed by atoms with E-state index >= 15 is 0 Å². The number of aryl methyl sites for hydroxylation is 2. The van der Waals surface area contributed by atoms with Crippen molar-refractivity contribution in [2.45, 2.75) is 33.4 Å². The van der Waals surface area contributed by atoms with Crippen molar-refractivity contribution >= 4 is 27.3 Å². The molecule has 1 aromatic heterocycles. The molecule has 0 saturated carbocycles. The fraction of sp³-hybridized carbons (Fsp3) is 0.357. The molecule has 0 radical (unpaired) electrons. The van der Waals surface area contributed by atoms with Crippen LogP contribution in [-0.4, -0.2) is 4.98 Å². The van der Waals surface area contributed by atoms with Crippen molar-refractivity contribution in [3.63, 3.8) is 0 Å². The second-order valence-corrected chi connectivity index (χ2v) is 6.51. The van der Waals surface area contributed by atoms with Crippen LogP contribution in [0.4, 0.5) is 0 Å². The van der Waals surface area contributed by atoms with E-state index in [4.69, 9.17) is 0 Å². The number of hydrogen-bond acceptors (Lipinski definition) is 3. The quantitative estimate of drug-likeness (QED) is 0.903. The van der Waals surface area contributed by atoms with Crippen molar-refractivity contribution in [1.82, 2.24) is 10.3 Å². The zero-order valence-corrected chi connectivity index (χ0v) is 13.2. The Labute approximate surface area is 121 Å². The molecule has 0 aliphatic heterocycles. The molecule has 2 nitrogen and oxygen atoms in total. The van der Waals surface area contributed by atoms with E-state index in [1.54, 1.807) is 11.3 Å². The van der Waals surface area contributed by atoms with Gasteiger partial charge in [-0.25, -0.2) is 4.98 Å². The number of aromatic nitrogens is 1. The van der Waals surface area contributed by atoms with Gasteiger partial charge in [-0.1, -0.05) is 34.1 Å². The predicted molar refractivity (Wildman–Crippen MR) is 81.0 cm³/mol. The van der Waals surface area contributed by atoms with Gasteiger partial charge < -0.3 is 5.32 Å². The number of halogens is 1. The van der Waals surface area contributed by atoms with Crippen LogP contribution in [0.2, 0.25) is 0 Å². The Bertz CT molecular complexity index is 536. The first kappa shape index (κ1) is 13.7. The summed E-state index contributed by atoms with van der Waals surface area (Å²) in [6.45, 7) is 7.19. The minimum atomic E-state index is 0.322. The van der Waals surface area contributed by atoms with Gasteiger partial charge in [0.2, 0.25) is 0 Å². The van der Waals surface area contributed by atoms with E-state index in [0.29, 0.717) is 6.04 Å². The third-order valence-electron chi connectivity index (χ3n) is 2.94. The Morgan fingerprint density at radius 1 is 1.33 bits per heavy atom. The molecule has 0 bridgehead atoms. The van der Waals surface area contributed by atoms with Crippen molar-refractivity contribution in [3.05, 3.63) is 49.9 Å². The summed E-state index contributed by atoms with van der Waals surface area (Å²) < 4.78 is 1.15. The summed E-state index contributed by atoms with van der Waals surface area (Å²) in [5, 5.41) is 4.69. The fourth-order valence-corrected chi connectivity index (χ4v) is 3.44. The van der Waals surface area contributed by atoms with Crippen LogP contribution in [0.3, 0.4) is 0 Å². The van der Waals surface area contributed by atoms with Crippen molar-refractivity contribution in [3.8, 4) is 0 Å². The van der Waals surface area contributed by atoms with E-state index in [0.717, 1.165) is 21.7 Å². The zero-order chi connectivity index (χ0) is 13.1. The maximum Gasteiger partial charge on any atom is 0.0900 e. The van der Waals surface area contributed by atoms with Crippen LogP contribution in [0.5, 0.6) is 0 Å². The standard InChI is InChI=1S/C14H17BrN2S/c1-9(12-6-4-5-7-13(12)15)16-8-14-10(2)17-11(3)18-14/h4-7,9,16H,8H2,1-3H3. The predicted octanol–water partition coefficient (Wildman–Crippen LogP) is 4.37. The smallest absolute Gasteiger partial charge is 0.0900 e. The molecule has 1 atom stereocenters. The molecule has 0 spiro atoms. The molecule has 0 amide bonds. The molecule has 1 unspecified atom stereocenters. The molecular weight excluding hydrogens is 308 g/mol. The van der Waals surface area contributed by atoms with Gasteiger partial charge in [0.25, 0.3) is 0 Å². The normalized spacial score (nSPS) is 12.7. The van der Waals surface area contributed by atoms with Gasteiger partial charge in [0, 0.05) is 21.9 Å². The van der Waals surface area contributed by atoms with Gasteiger partial charge in [-0.05, 0) is 32.4 Å². The van der Waals surface area contributed by atoms with Gasteiger partial charge in [0.15, 0.2) is 0 Å². The second kappa shape index (κ2) is 5.95. The average Bonchev–Trinajstić information content (AvgIpc) is 2.65. The second-order valence-electron chi connectivity index (χ2n) is 4.37. The molecule has 2 rings (SSSR count). The molecule has 4 heteroatoms. The summed E-state index contributed by atoms with van der Waals surface area (Å²) >= 11 is 5.36. The summed E-state index contributed by atoms with van der Waals surface area (Å²) in [6.07, 6.45) is 0. The van der Waals surface area contributed by atoms with Crippen LogP contribution in [0.1, 0.15) is 34.1 Å². The topological polar surface area (TPSA) is 24.9 Å². The van der Waals surface area contributed by atoms with E-state index in [2.05, 4.69) is 65.2 Å². The van der Waals surface area contributed by atoms with Crippen molar-refractivity contribution < 1.29 is 0 Å². The van der Waals surface area contributed by atoms with Crippen LogP contribution in [0, 0.1) is 13.8 Å². The molecule has 0 saturated heterocycles. The fourth-order valence-electron chi connectivity index (χ4n) is 1.92. The molecule has 0 aliphatic rings. The number of thiazole rings is 1. The van der Waals surface area contributed by atoms with Gasteiger partial charge in [-0.2, -0.15) is 0 Å². The molecule has 1 N–H and O–H groups in total. The summed E-state index contributed by atoms with van der Waals surface area (Å²) in [7, 11) is 0. The number of rotatable bonds is 4. The molecule has 0 aliphatic carbocycles. The SMILES string of the molecule is Cc1nc(C)c(CNC(C)c2ccccc2Br)s1. The molecule has 0 fully saturated rings. The zero-order valence-electron chi connectivity index (χ0n) is 10.8. The Hall–Kier alpha value is -0.710. The third kappa shape index (κ3) is 3.19. The Morgan fingerprint density at radius 3 is 2.67 bits per heavy atom. The lowest BCUT2D eigenvalue weighted by Gasteiger charge is -2.15. The van der Waals surface area contributed by atoms with Crippen LogP contribution in [-0.2, 0) is 6.54 Å². The van der Waals surface area contributed by atoms with Crippen LogP contribution in [0.15, 0.2) is 28.7 Å². The Balaban J connectivity index is 2.03. The maximum absolute atomic E-state index is 4.45. The average molecular weight is 325 g/mol. The lowest BCUT2D eigenvalue weighted by Crippen LogP contribution is -2.18. The van der Waals surface area contributed by atoms with Crippen molar-refractivity contribution in [2.75, 3.05) is 0 Å². The summed E-state index contributed by atoms with van der Waals surface area (Å²) in [4.78, 5) is 5.77. The van der Waals surface area contributed by atoms with Gasteiger partial charge in [-0.3, -0.25) is 0 Å². The van der Waals surface area contributed by atoms with E-state index < -0.39 is 0 Å². The van der Waals surface area contributed by atoms with E-state index in [-0.39, 0.29) is 0 Å². The molecular formula is C14H17BrN2S. The number of benzene rings is 1. The van der Waals surface area contributed by atoms with Gasteiger partial charge in [0.1, 0.15) is 0 Å². The third-order valence-corrected chi connectivity index (χ3v) is 4.74. The van der Waals surface area contributed by atoms with E-state index in [9.17, 15) is 0 Å². The van der Waals surface area contributed by atoms with Gasteiger partial charge in [-0.15, -0.1) is 11.3 Å². The minimum Gasteiger partial charge on any atom is -0.305 e. The van der Waals surface area contributed by atoms with Gasteiger partial charge >= 0.3 is 0 Å². The lowest BCUT2D eigenvalue weighted by molar-refractivity contribution is 0.575. The molecule has 2 aromatic rings. The van der Waals surface area contributed by atoms with E-state index in [1.807, 2.05) is 6.07 Å². The maximum atomic E-state index is 4.45. The number of nitrogens with one attached hydrogen (secondary N) is 1. The van der Waals surface area contributed by atoms with E-state index in [1.165, 1.54) is 10.4 Å². The summed E-state index contributed by atoms with van der Waals surface area (Å²) in [5.74, 6) is 0. The van der Waals surface area contributed by atoms with Crippen molar-refractivity contribution in [2.24, 2.45) is 0 Å². The molecule has 1 heterocycles. The lowest BCUT2D eigenvalue weighted by atomic mass is 10.1. The molecule has 18 heavy (non-hydrogen) atoms. The van der Waals surface area contributed by atoms with Crippen LogP contribution < -0.4 is 5.32 Å². The first-order valence-corrected chi connectivity index (χ1v) is 7.59. The number of hydrogen-bond donors (Lipinski definition) is 1.